The van der Waals surface area contributed by atoms with Crippen LogP contribution in [0.15, 0.2) is 39.3 Å². The van der Waals surface area contributed by atoms with Crippen LogP contribution in [-0.4, -0.2) is 15.8 Å². The molecule has 1 aromatic carbocycles. The van der Waals surface area contributed by atoms with Gasteiger partial charge in [0.05, 0.1) is 6.21 Å². The van der Waals surface area contributed by atoms with E-state index in [-0.39, 0.29) is 0 Å². The van der Waals surface area contributed by atoms with Gasteiger partial charge in [0.1, 0.15) is 12.3 Å². The fourth-order valence-corrected chi connectivity index (χ4v) is 1.68. The van der Waals surface area contributed by atoms with E-state index in [4.69, 9.17) is 4.84 Å². The third-order valence-corrected chi connectivity index (χ3v) is 2.83. The fourth-order valence-electron chi connectivity index (χ4n) is 1.01. The summed E-state index contributed by atoms with van der Waals surface area (Å²) in [4.78, 5) is 5.12. The van der Waals surface area contributed by atoms with Crippen LogP contribution in [0.1, 0.15) is 11.3 Å². The van der Waals surface area contributed by atoms with Crippen molar-refractivity contribution in [2.45, 2.75) is 6.61 Å². The molecule has 4 nitrogen and oxygen atoms in total. The van der Waals surface area contributed by atoms with Crippen molar-refractivity contribution in [1.29, 1.82) is 0 Å². The zero-order valence-corrected chi connectivity index (χ0v) is 10.6. The summed E-state index contributed by atoms with van der Waals surface area (Å²) >= 11 is 4.65. The van der Waals surface area contributed by atoms with Gasteiger partial charge in [0, 0.05) is 9.85 Å². The first-order valence-corrected chi connectivity index (χ1v) is 6.14. The maximum Gasteiger partial charge on any atom is 0.142 e. The Hall–Kier alpha value is -1.27. The van der Waals surface area contributed by atoms with Crippen LogP contribution in [0.2, 0.25) is 0 Å². The molecule has 0 fully saturated rings. The van der Waals surface area contributed by atoms with Gasteiger partial charge in [-0.25, -0.2) is 0 Å². The molecule has 82 valence electrons. The normalized spacial score (nSPS) is 10.8. The fraction of sp³-hybridized carbons (Fsp3) is 0.100. The minimum Gasteiger partial charge on any atom is -0.391 e. The smallest absolute Gasteiger partial charge is 0.142 e. The number of benzene rings is 1. The number of hydrogen-bond acceptors (Lipinski definition) is 5. The lowest BCUT2D eigenvalue weighted by atomic mass is 10.2. The first kappa shape index (κ1) is 11.2. The van der Waals surface area contributed by atoms with Crippen molar-refractivity contribution in [2.24, 2.45) is 5.16 Å². The molecule has 0 bridgehead atoms. The highest BCUT2D eigenvalue weighted by Gasteiger charge is 1.93. The molecule has 0 aliphatic heterocycles. The quantitative estimate of drug-likeness (QED) is 0.644. The molecule has 0 N–H and O–H groups in total. The van der Waals surface area contributed by atoms with Crippen LogP contribution in [0.25, 0.3) is 0 Å². The van der Waals surface area contributed by atoms with E-state index in [9.17, 15) is 0 Å². The summed E-state index contributed by atoms with van der Waals surface area (Å²) < 4.78 is 4.76. The third kappa shape index (κ3) is 3.39. The summed E-state index contributed by atoms with van der Waals surface area (Å²) in [5.74, 6) is 0. The number of halogens is 1. The molecule has 6 heteroatoms. The average molecular weight is 298 g/mol. The largest absolute Gasteiger partial charge is 0.391 e. The van der Waals surface area contributed by atoms with E-state index < -0.39 is 0 Å². The van der Waals surface area contributed by atoms with Crippen molar-refractivity contribution in [3.63, 3.8) is 0 Å². The highest BCUT2D eigenvalue weighted by atomic mass is 79.9. The summed E-state index contributed by atoms with van der Waals surface area (Å²) in [5.41, 5.74) is 1.78. The Morgan fingerprint density at radius 2 is 2.19 bits per heavy atom. The lowest BCUT2D eigenvalue weighted by molar-refractivity contribution is 0.132. The third-order valence-electron chi connectivity index (χ3n) is 1.78. The summed E-state index contributed by atoms with van der Waals surface area (Å²) in [5, 5.41) is 9.40. The van der Waals surface area contributed by atoms with Gasteiger partial charge in [-0.15, -0.1) is 5.10 Å². The summed E-state index contributed by atoms with van der Waals surface area (Å²) in [6.45, 7) is 0.446. The predicted molar refractivity (Wildman–Crippen MR) is 66.4 cm³/mol. The highest BCUT2D eigenvalue weighted by Crippen LogP contribution is 2.11. The topological polar surface area (TPSA) is 47.4 Å². The average Bonchev–Trinajstić information content (AvgIpc) is 2.80. The zero-order valence-electron chi connectivity index (χ0n) is 8.21. The zero-order chi connectivity index (χ0) is 11.2. The van der Waals surface area contributed by atoms with Gasteiger partial charge in [-0.3, -0.25) is 0 Å². The standard InChI is InChI=1S/C10H8BrN3OS/c11-9-3-1-8(2-4-9)6-15-12-5-10-7-16-14-13-10/h1-5,7H,6H2. The molecule has 0 atom stereocenters. The number of rotatable bonds is 4. The van der Waals surface area contributed by atoms with Gasteiger partial charge >= 0.3 is 0 Å². The Kier molecular flexibility index (Phi) is 4.01. The molecular formula is C10H8BrN3OS. The molecule has 0 radical (unpaired) electrons. The van der Waals surface area contributed by atoms with E-state index in [0.717, 1.165) is 10.0 Å². The van der Waals surface area contributed by atoms with Crippen molar-refractivity contribution in [3.8, 4) is 0 Å². The number of aromatic nitrogens is 2. The van der Waals surface area contributed by atoms with Crippen LogP contribution >= 0.6 is 27.5 Å². The molecule has 0 aliphatic rings. The lowest BCUT2D eigenvalue weighted by Gasteiger charge is -1.98. The van der Waals surface area contributed by atoms with Crippen LogP contribution in [0, 0.1) is 0 Å². The van der Waals surface area contributed by atoms with E-state index in [1.165, 1.54) is 11.5 Å². The molecule has 1 heterocycles. The maximum atomic E-state index is 5.12. The van der Waals surface area contributed by atoms with Gasteiger partial charge in [0.2, 0.25) is 0 Å². The molecule has 0 aliphatic carbocycles. The van der Waals surface area contributed by atoms with Crippen molar-refractivity contribution >= 4 is 33.7 Å². The Balaban J connectivity index is 1.82. The Morgan fingerprint density at radius 1 is 1.38 bits per heavy atom. The van der Waals surface area contributed by atoms with Gasteiger partial charge < -0.3 is 4.84 Å². The van der Waals surface area contributed by atoms with Crippen LogP contribution in [0.3, 0.4) is 0 Å². The van der Waals surface area contributed by atoms with E-state index in [1.54, 1.807) is 11.6 Å². The van der Waals surface area contributed by atoms with E-state index in [2.05, 4.69) is 30.7 Å². The summed E-state index contributed by atoms with van der Waals surface area (Å²) in [7, 11) is 0. The Bertz CT molecular complexity index is 455. The number of nitrogens with zero attached hydrogens (tertiary/aromatic N) is 3. The van der Waals surface area contributed by atoms with Gasteiger partial charge in [-0.2, -0.15) is 0 Å². The molecule has 1 aromatic heterocycles. The minimum atomic E-state index is 0.446. The Morgan fingerprint density at radius 3 is 2.88 bits per heavy atom. The van der Waals surface area contributed by atoms with E-state index in [0.29, 0.717) is 12.3 Å². The molecule has 0 unspecified atom stereocenters. The van der Waals surface area contributed by atoms with E-state index >= 15 is 0 Å². The predicted octanol–water partition coefficient (Wildman–Crippen LogP) is 2.85. The molecule has 0 spiro atoms. The first-order valence-electron chi connectivity index (χ1n) is 4.51. The molecule has 0 saturated carbocycles. The van der Waals surface area contributed by atoms with Gasteiger partial charge in [-0.1, -0.05) is 37.7 Å². The summed E-state index contributed by atoms with van der Waals surface area (Å²) in [6, 6.07) is 7.88. The Labute approximate surface area is 105 Å². The van der Waals surface area contributed by atoms with Crippen LogP contribution in [0.5, 0.6) is 0 Å². The molecule has 0 saturated heterocycles. The second-order valence-corrected chi connectivity index (χ2v) is 4.49. The van der Waals surface area contributed by atoms with Crippen molar-refractivity contribution in [3.05, 3.63) is 45.4 Å². The van der Waals surface area contributed by atoms with Crippen LogP contribution < -0.4 is 0 Å². The molecule has 2 aromatic rings. The van der Waals surface area contributed by atoms with Crippen molar-refractivity contribution in [1.82, 2.24) is 9.59 Å². The highest BCUT2D eigenvalue weighted by molar-refractivity contribution is 9.10. The SMILES string of the molecule is Brc1ccc(CON=Cc2csnn2)cc1. The van der Waals surface area contributed by atoms with Gasteiger partial charge in [0.15, 0.2) is 0 Å². The van der Waals surface area contributed by atoms with Gasteiger partial charge in [-0.05, 0) is 29.2 Å². The second-order valence-electron chi connectivity index (χ2n) is 2.96. The number of hydrogen-bond donors (Lipinski definition) is 0. The molecule has 16 heavy (non-hydrogen) atoms. The number of oxime groups is 1. The molecular weight excluding hydrogens is 290 g/mol. The van der Waals surface area contributed by atoms with Crippen molar-refractivity contribution in [2.75, 3.05) is 0 Å². The monoisotopic (exact) mass is 297 g/mol. The van der Waals surface area contributed by atoms with Crippen LogP contribution in [0.4, 0.5) is 0 Å². The van der Waals surface area contributed by atoms with E-state index in [1.807, 2.05) is 24.3 Å². The second kappa shape index (κ2) is 5.72. The minimum absolute atomic E-state index is 0.446. The van der Waals surface area contributed by atoms with Gasteiger partial charge in [0.25, 0.3) is 0 Å². The molecule has 0 amide bonds. The first-order chi connectivity index (χ1) is 7.84. The van der Waals surface area contributed by atoms with Crippen molar-refractivity contribution < 1.29 is 4.84 Å². The molecule has 2 rings (SSSR count). The maximum absolute atomic E-state index is 5.12. The van der Waals surface area contributed by atoms with Crippen LogP contribution in [-0.2, 0) is 11.4 Å². The summed E-state index contributed by atoms with van der Waals surface area (Å²) in [6.07, 6.45) is 1.54. The lowest BCUT2D eigenvalue weighted by Crippen LogP contribution is -1.88.